The van der Waals surface area contributed by atoms with Crippen molar-refractivity contribution < 1.29 is 18.7 Å². The van der Waals surface area contributed by atoms with Crippen LogP contribution in [0.4, 0.5) is 0 Å². The van der Waals surface area contributed by atoms with E-state index in [4.69, 9.17) is 13.9 Å². The van der Waals surface area contributed by atoms with Gasteiger partial charge in [0.2, 0.25) is 5.78 Å². The van der Waals surface area contributed by atoms with Gasteiger partial charge in [-0.25, -0.2) is 0 Å². The van der Waals surface area contributed by atoms with E-state index in [0.29, 0.717) is 36.5 Å². The molecule has 1 heterocycles. The molecule has 0 aliphatic rings. The number of methoxy groups -OCH3 is 1. The highest BCUT2D eigenvalue weighted by Gasteiger charge is 2.12. The molecule has 0 amide bonds. The summed E-state index contributed by atoms with van der Waals surface area (Å²) in [4.78, 5) is 11.5. The van der Waals surface area contributed by atoms with Crippen molar-refractivity contribution >= 4 is 21.7 Å². The molecule has 0 radical (unpaired) electrons. The molecule has 0 aliphatic heterocycles. The van der Waals surface area contributed by atoms with Crippen LogP contribution in [0.25, 0.3) is 0 Å². The van der Waals surface area contributed by atoms with E-state index in [2.05, 4.69) is 15.9 Å². The van der Waals surface area contributed by atoms with Gasteiger partial charge in [-0.1, -0.05) is 0 Å². The highest BCUT2D eigenvalue weighted by Crippen LogP contribution is 2.18. The Morgan fingerprint density at radius 2 is 2.27 bits per heavy atom. The monoisotopic (exact) mass is 276 g/mol. The SMILES string of the molecule is COCCOCCC(=O)c1occc1Br. The Hall–Kier alpha value is -0.650. The van der Waals surface area contributed by atoms with Gasteiger partial charge < -0.3 is 13.9 Å². The van der Waals surface area contributed by atoms with Gasteiger partial charge in [-0.3, -0.25) is 4.79 Å². The summed E-state index contributed by atoms with van der Waals surface area (Å²) in [6.45, 7) is 1.43. The largest absolute Gasteiger partial charge is 0.460 e. The van der Waals surface area contributed by atoms with E-state index in [1.165, 1.54) is 6.26 Å². The van der Waals surface area contributed by atoms with Gasteiger partial charge in [0, 0.05) is 13.5 Å². The number of rotatable bonds is 7. The fourth-order valence-electron chi connectivity index (χ4n) is 1.02. The van der Waals surface area contributed by atoms with E-state index < -0.39 is 0 Å². The van der Waals surface area contributed by atoms with Gasteiger partial charge in [-0.15, -0.1) is 0 Å². The van der Waals surface area contributed by atoms with Crippen LogP contribution in [0, 0.1) is 0 Å². The fourth-order valence-corrected chi connectivity index (χ4v) is 1.44. The Morgan fingerprint density at radius 3 is 2.87 bits per heavy atom. The van der Waals surface area contributed by atoms with Gasteiger partial charge in [0.15, 0.2) is 5.76 Å². The van der Waals surface area contributed by atoms with Crippen LogP contribution >= 0.6 is 15.9 Å². The topological polar surface area (TPSA) is 48.7 Å². The zero-order valence-corrected chi connectivity index (χ0v) is 10.1. The van der Waals surface area contributed by atoms with Gasteiger partial charge >= 0.3 is 0 Å². The third kappa shape index (κ3) is 4.15. The zero-order chi connectivity index (χ0) is 11.1. The maximum absolute atomic E-state index is 11.5. The van der Waals surface area contributed by atoms with Crippen molar-refractivity contribution in [2.45, 2.75) is 6.42 Å². The molecule has 0 saturated carbocycles. The molecule has 0 aliphatic carbocycles. The van der Waals surface area contributed by atoms with E-state index in [-0.39, 0.29) is 5.78 Å². The molecule has 0 fully saturated rings. The Balaban J connectivity index is 2.22. The van der Waals surface area contributed by atoms with Gasteiger partial charge in [-0.2, -0.15) is 0 Å². The summed E-state index contributed by atoms with van der Waals surface area (Å²) in [6.07, 6.45) is 1.79. The van der Waals surface area contributed by atoms with Crippen LogP contribution in [0.1, 0.15) is 17.0 Å². The molecule has 5 heteroatoms. The summed E-state index contributed by atoms with van der Waals surface area (Å²) in [5.74, 6) is 0.287. The third-order valence-electron chi connectivity index (χ3n) is 1.78. The maximum atomic E-state index is 11.5. The standard InChI is InChI=1S/C10H13BrO4/c1-13-6-7-14-4-3-9(12)10-8(11)2-5-15-10/h2,5H,3-4,6-7H2,1H3. The minimum Gasteiger partial charge on any atom is -0.460 e. The molecule has 0 saturated heterocycles. The lowest BCUT2D eigenvalue weighted by Crippen LogP contribution is -2.07. The number of halogens is 1. The number of ketones is 1. The van der Waals surface area contributed by atoms with Crippen LogP contribution in [-0.2, 0) is 9.47 Å². The van der Waals surface area contributed by atoms with E-state index in [0.717, 1.165) is 0 Å². The second kappa shape index (κ2) is 6.76. The molecule has 0 atom stereocenters. The molecular weight excluding hydrogens is 264 g/mol. The van der Waals surface area contributed by atoms with Crippen LogP contribution in [0.15, 0.2) is 21.2 Å². The van der Waals surface area contributed by atoms with E-state index in [9.17, 15) is 4.79 Å². The Kier molecular flexibility index (Phi) is 5.60. The predicted molar refractivity (Wildman–Crippen MR) is 58.1 cm³/mol. The Labute approximate surface area is 96.7 Å². The Morgan fingerprint density at radius 1 is 1.47 bits per heavy atom. The molecule has 84 valence electrons. The Bertz CT molecular complexity index is 308. The molecule has 0 spiro atoms. The lowest BCUT2D eigenvalue weighted by atomic mass is 10.2. The lowest BCUT2D eigenvalue weighted by molar-refractivity contribution is 0.0631. The first kappa shape index (κ1) is 12.4. The second-order valence-electron chi connectivity index (χ2n) is 2.88. The van der Waals surface area contributed by atoms with Gasteiger partial charge in [0.1, 0.15) is 0 Å². The molecule has 4 nitrogen and oxygen atoms in total. The quantitative estimate of drug-likeness (QED) is 0.566. The molecule has 0 bridgehead atoms. The number of hydrogen-bond donors (Lipinski definition) is 0. The van der Waals surface area contributed by atoms with Crippen molar-refractivity contribution in [2.75, 3.05) is 26.9 Å². The van der Waals surface area contributed by atoms with Crippen LogP contribution < -0.4 is 0 Å². The second-order valence-corrected chi connectivity index (χ2v) is 3.73. The minimum absolute atomic E-state index is 0.0655. The lowest BCUT2D eigenvalue weighted by Gasteiger charge is -2.01. The smallest absolute Gasteiger partial charge is 0.201 e. The molecule has 1 aromatic heterocycles. The first-order valence-corrected chi connectivity index (χ1v) is 5.38. The highest BCUT2D eigenvalue weighted by molar-refractivity contribution is 9.10. The van der Waals surface area contributed by atoms with Crippen molar-refractivity contribution in [3.05, 3.63) is 22.6 Å². The van der Waals surface area contributed by atoms with Crippen molar-refractivity contribution in [3.8, 4) is 0 Å². The maximum Gasteiger partial charge on any atom is 0.201 e. The van der Waals surface area contributed by atoms with Crippen molar-refractivity contribution in [1.82, 2.24) is 0 Å². The summed E-state index contributed by atoms with van der Waals surface area (Å²) in [7, 11) is 1.61. The molecule has 0 unspecified atom stereocenters. The summed E-state index contributed by atoms with van der Waals surface area (Å²) < 4.78 is 15.7. The van der Waals surface area contributed by atoms with E-state index >= 15 is 0 Å². The van der Waals surface area contributed by atoms with E-state index in [1.54, 1.807) is 13.2 Å². The van der Waals surface area contributed by atoms with Crippen LogP contribution in [0.3, 0.4) is 0 Å². The summed E-state index contributed by atoms with van der Waals surface area (Å²) in [5, 5.41) is 0. The van der Waals surface area contributed by atoms with Crippen molar-refractivity contribution in [3.63, 3.8) is 0 Å². The van der Waals surface area contributed by atoms with Crippen molar-refractivity contribution in [2.24, 2.45) is 0 Å². The molecule has 0 aromatic carbocycles. The number of ether oxygens (including phenoxy) is 2. The number of carbonyl (C=O) groups is 1. The van der Waals surface area contributed by atoms with Crippen molar-refractivity contribution in [1.29, 1.82) is 0 Å². The third-order valence-corrected chi connectivity index (χ3v) is 2.40. The molecule has 0 N–H and O–H groups in total. The predicted octanol–water partition coefficient (Wildman–Crippen LogP) is 2.28. The fraction of sp³-hybridized carbons (Fsp3) is 0.500. The van der Waals surface area contributed by atoms with E-state index in [1.807, 2.05) is 0 Å². The number of furan rings is 1. The summed E-state index contributed by atoms with van der Waals surface area (Å²) in [6, 6.07) is 1.69. The number of hydrogen-bond acceptors (Lipinski definition) is 4. The average molecular weight is 277 g/mol. The molecule has 1 aromatic rings. The van der Waals surface area contributed by atoms with Gasteiger partial charge in [0.05, 0.1) is 30.6 Å². The molecule has 15 heavy (non-hydrogen) atoms. The first-order valence-electron chi connectivity index (χ1n) is 4.58. The highest BCUT2D eigenvalue weighted by atomic mass is 79.9. The van der Waals surface area contributed by atoms with Crippen LogP contribution in [0.2, 0.25) is 0 Å². The first-order chi connectivity index (χ1) is 7.25. The summed E-state index contributed by atoms with van der Waals surface area (Å²) in [5.41, 5.74) is 0. The van der Waals surface area contributed by atoms with Crippen LogP contribution in [-0.4, -0.2) is 32.7 Å². The molecular formula is C10H13BrO4. The van der Waals surface area contributed by atoms with Crippen LogP contribution in [0.5, 0.6) is 0 Å². The summed E-state index contributed by atoms with van der Waals surface area (Å²) >= 11 is 3.23. The van der Waals surface area contributed by atoms with Gasteiger partial charge in [0.25, 0.3) is 0 Å². The number of carbonyl (C=O) groups excluding carboxylic acids is 1. The average Bonchev–Trinajstić information content (AvgIpc) is 2.64. The number of Topliss-reactive ketones (excluding diaryl/α,β-unsaturated/α-hetero) is 1. The molecule has 1 rings (SSSR count). The minimum atomic E-state index is -0.0655. The zero-order valence-electron chi connectivity index (χ0n) is 8.49. The normalized spacial score (nSPS) is 10.5. The van der Waals surface area contributed by atoms with Gasteiger partial charge in [-0.05, 0) is 22.0 Å².